The van der Waals surface area contributed by atoms with Crippen molar-refractivity contribution in [3.05, 3.63) is 0 Å². The zero-order valence-electron chi connectivity index (χ0n) is 7.12. The summed E-state index contributed by atoms with van der Waals surface area (Å²) in [7, 11) is -4.80. The maximum absolute atomic E-state index is 12.4. The molecular weight excluding hydrogens is 182 g/mol. The lowest BCUT2D eigenvalue weighted by Gasteiger charge is -2.26. The van der Waals surface area contributed by atoms with Crippen LogP contribution in [0, 0.1) is 0 Å². The van der Waals surface area contributed by atoms with Crippen molar-refractivity contribution in [2.24, 2.45) is 0 Å². The minimum atomic E-state index is -4.80. The van der Waals surface area contributed by atoms with Gasteiger partial charge in [-0.3, -0.25) is 9.42 Å². The van der Waals surface area contributed by atoms with E-state index in [9.17, 15) is 8.76 Å². The highest BCUT2D eigenvalue weighted by Crippen LogP contribution is 2.52. The normalized spacial score (nSPS) is 26.9. The van der Waals surface area contributed by atoms with Gasteiger partial charge in [0.15, 0.2) is 0 Å². The second-order valence-electron chi connectivity index (χ2n) is 3.29. The van der Waals surface area contributed by atoms with Gasteiger partial charge in [-0.2, -0.15) is 0 Å². The van der Waals surface area contributed by atoms with Crippen molar-refractivity contribution in [1.29, 1.82) is 0 Å². The molecule has 1 fully saturated rings. The molecule has 0 spiro atoms. The molecule has 5 heteroatoms. The van der Waals surface area contributed by atoms with Gasteiger partial charge in [0.25, 0.3) is 0 Å². The molecule has 1 aliphatic rings. The molecule has 0 saturated heterocycles. The molecule has 0 heterocycles. The van der Waals surface area contributed by atoms with Crippen LogP contribution in [0.2, 0.25) is 0 Å². The molecule has 1 aliphatic carbocycles. The van der Waals surface area contributed by atoms with E-state index < -0.39 is 13.5 Å². The summed E-state index contributed by atoms with van der Waals surface area (Å²) in [5, 5.41) is 0. The van der Waals surface area contributed by atoms with E-state index in [4.69, 9.17) is 4.89 Å². The van der Waals surface area contributed by atoms with Crippen LogP contribution in [-0.2, 0) is 9.09 Å². The molecule has 1 atom stereocenters. The molecule has 1 N–H and O–H groups in total. The average Bonchev–Trinajstić information content (AvgIpc) is 2.34. The Balaban J connectivity index is 2.62. The lowest BCUT2D eigenvalue weighted by molar-refractivity contribution is 0.0461. The van der Waals surface area contributed by atoms with Crippen molar-refractivity contribution < 1.29 is 18.2 Å². The number of halogens is 1. The first kappa shape index (κ1) is 10.2. The number of hydrogen-bond donors (Lipinski definition) is 1. The quantitative estimate of drug-likeness (QED) is 0.706. The van der Waals surface area contributed by atoms with E-state index in [-0.39, 0.29) is 0 Å². The molecule has 0 aliphatic heterocycles. The van der Waals surface area contributed by atoms with Gasteiger partial charge >= 0.3 is 7.91 Å². The van der Waals surface area contributed by atoms with Crippen LogP contribution >= 0.6 is 7.91 Å². The number of hydrogen-bond acceptors (Lipinski definition) is 2. The maximum atomic E-state index is 12.4. The average molecular weight is 196 g/mol. The smallest absolute Gasteiger partial charge is 0.299 e. The third-order valence-electron chi connectivity index (χ3n) is 2.47. The predicted octanol–water partition coefficient (Wildman–Crippen LogP) is 2.80. The Morgan fingerprint density at radius 2 is 2.08 bits per heavy atom. The molecule has 0 aromatic carbocycles. The summed E-state index contributed by atoms with van der Waals surface area (Å²) in [5.74, 6) is 0. The van der Waals surface area contributed by atoms with E-state index in [2.05, 4.69) is 4.52 Å². The lowest BCUT2D eigenvalue weighted by atomic mass is 10.00. The summed E-state index contributed by atoms with van der Waals surface area (Å²) in [6.07, 6.45) is 3.89. The van der Waals surface area contributed by atoms with Crippen LogP contribution in [0.5, 0.6) is 0 Å². The second kappa shape index (κ2) is 3.44. The Morgan fingerprint density at radius 3 is 2.42 bits per heavy atom. The minimum Gasteiger partial charge on any atom is -0.299 e. The van der Waals surface area contributed by atoms with Crippen molar-refractivity contribution >= 4 is 7.91 Å². The topological polar surface area (TPSA) is 46.5 Å². The van der Waals surface area contributed by atoms with Crippen molar-refractivity contribution in [2.75, 3.05) is 0 Å². The molecule has 1 saturated carbocycles. The van der Waals surface area contributed by atoms with Gasteiger partial charge in [-0.25, -0.2) is 4.57 Å². The fourth-order valence-electron chi connectivity index (χ4n) is 1.77. The Morgan fingerprint density at radius 1 is 1.58 bits per heavy atom. The summed E-state index contributed by atoms with van der Waals surface area (Å²) in [5.41, 5.74) is -0.668. The molecule has 0 radical (unpaired) electrons. The minimum absolute atomic E-state index is 0.599. The van der Waals surface area contributed by atoms with Crippen molar-refractivity contribution in [2.45, 2.75) is 44.6 Å². The van der Waals surface area contributed by atoms with E-state index in [1.54, 1.807) is 0 Å². The summed E-state index contributed by atoms with van der Waals surface area (Å²) < 4.78 is 27.3. The molecule has 1 rings (SSSR count). The van der Waals surface area contributed by atoms with Crippen molar-refractivity contribution in [1.82, 2.24) is 0 Å². The van der Waals surface area contributed by atoms with E-state index >= 15 is 0 Å². The molecule has 0 aromatic heterocycles. The van der Waals surface area contributed by atoms with Crippen LogP contribution in [0.4, 0.5) is 4.20 Å². The van der Waals surface area contributed by atoms with Gasteiger partial charge in [0.05, 0.1) is 5.60 Å². The molecule has 0 amide bonds. The van der Waals surface area contributed by atoms with Crippen LogP contribution < -0.4 is 0 Å². The van der Waals surface area contributed by atoms with Crippen LogP contribution in [-0.4, -0.2) is 10.5 Å². The summed E-state index contributed by atoms with van der Waals surface area (Å²) in [6.45, 7) is 1.85. The molecule has 0 bridgehead atoms. The fourth-order valence-corrected chi connectivity index (χ4v) is 2.56. The van der Waals surface area contributed by atoms with Gasteiger partial charge in [-0.1, -0.05) is 19.8 Å². The first-order valence-corrected chi connectivity index (χ1v) is 5.67. The van der Waals surface area contributed by atoms with Gasteiger partial charge in [-0.05, 0) is 19.3 Å². The Labute approximate surface area is 71.6 Å². The zero-order valence-corrected chi connectivity index (χ0v) is 8.02. The van der Waals surface area contributed by atoms with E-state index in [0.717, 1.165) is 12.8 Å². The molecule has 0 aromatic rings. The largest absolute Gasteiger partial charge is 0.511 e. The summed E-state index contributed by atoms with van der Waals surface area (Å²) in [6, 6.07) is 0. The first-order valence-electron chi connectivity index (χ1n) is 4.21. The van der Waals surface area contributed by atoms with Gasteiger partial charge in [0, 0.05) is 0 Å². The second-order valence-corrected chi connectivity index (χ2v) is 4.37. The Bertz CT molecular complexity index is 195. The molecule has 1 unspecified atom stereocenters. The molecular formula is C7H14FO3P. The van der Waals surface area contributed by atoms with Gasteiger partial charge in [0.1, 0.15) is 0 Å². The van der Waals surface area contributed by atoms with Crippen LogP contribution in [0.25, 0.3) is 0 Å². The molecule has 72 valence electrons. The molecule has 12 heavy (non-hydrogen) atoms. The number of rotatable bonds is 3. The summed E-state index contributed by atoms with van der Waals surface area (Å²) in [4.78, 5) is 8.44. The van der Waals surface area contributed by atoms with Crippen LogP contribution in [0.15, 0.2) is 0 Å². The molecule has 3 nitrogen and oxygen atoms in total. The highest BCUT2D eigenvalue weighted by atomic mass is 31.2. The van der Waals surface area contributed by atoms with Crippen LogP contribution in [0.1, 0.15) is 39.0 Å². The van der Waals surface area contributed by atoms with Gasteiger partial charge < -0.3 is 0 Å². The van der Waals surface area contributed by atoms with Crippen molar-refractivity contribution in [3.63, 3.8) is 0 Å². The maximum Gasteiger partial charge on any atom is 0.511 e. The standard InChI is InChI=1S/C7H14FO3P/c1-2-7(5-3-4-6-7)11-12(8,9)10/h2-6H2,1H3,(H,9,10). The lowest BCUT2D eigenvalue weighted by Crippen LogP contribution is -2.25. The third-order valence-corrected chi connectivity index (χ3v) is 3.08. The van der Waals surface area contributed by atoms with Gasteiger partial charge in [0.2, 0.25) is 0 Å². The summed E-state index contributed by atoms with van der Waals surface area (Å²) >= 11 is 0. The predicted molar refractivity (Wildman–Crippen MR) is 43.5 cm³/mol. The zero-order chi connectivity index (χ0) is 9.24. The van der Waals surface area contributed by atoms with Crippen LogP contribution in [0.3, 0.4) is 0 Å². The van der Waals surface area contributed by atoms with Gasteiger partial charge in [-0.15, -0.1) is 4.20 Å². The van der Waals surface area contributed by atoms with E-state index in [1.165, 1.54) is 0 Å². The SMILES string of the molecule is CCC1(OP(=O)(O)F)CCCC1. The Kier molecular flexibility index (Phi) is 2.92. The van der Waals surface area contributed by atoms with Crippen molar-refractivity contribution in [3.8, 4) is 0 Å². The van der Waals surface area contributed by atoms with E-state index in [0.29, 0.717) is 19.3 Å². The highest BCUT2D eigenvalue weighted by Gasteiger charge is 2.39. The fraction of sp³-hybridized carbons (Fsp3) is 1.00. The third kappa shape index (κ3) is 2.54. The first-order chi connectivity index (χ1) is 5.47. The Hall–Kier alpha value is 0.0800. The highest BCUT2D eigenvalue weighted by molar-refractivity contribution is 7.47. The van der Waals surface area contributed by atoms with E-state index in [1.807, 2.05) is 6.92 Å². The monoisotopic (exact) mass is 196 g/mol.